The van der Waals surface area contributed by atoms with Crippen LogP contribution in [0.5, 0.6) is 11.5 Å². The molecule has 41 heavy (non-hydrogen) atoms. The van der Waals surface area contributed by atoms with Crippen molar-refractivity contribution in [2.45, 2.75) is 51.1 Å². The minimum absolute atomic E-state index is 0.0672. The van der Waals surface area contributed by atoms with Gasteiger partial charge in [-0.15, -0.1) is 0 Å². The molecule has 0 bridgehead atoms. The minimum Gasteiger partial charge on any atom is -0.493 e. The summed E-state index contributed by atoms with van der Waals surface area (Å²) < 4.78 is 39.7. The topological polar surface area (TPSA) is 105 Å². The zero-order valence-electron chi connectivity index (χ0n) is 24.3. The number of para-hydroxylation sites is 1. The second-order valence-electron chi connectivity index (χ2n) is 9.70. The first kappa shape index (κ1) is 31.5. The number of amides is 2. The second-order valence-corrected chi connectivity index (χ2v) is 11.6. The van der Waals surface area contributed by atoms with Crippen molar-refractivity contribution in [2.24, 2.45) is 0 Å². The predicted octanol–water partition coefficient (Wildman–Crippen LogP) is 4.54. The molecule has 0 aromatic heterocycles. The third-order valence-electron chi connectivity index (χ3n) is 6.70. The fourth-order valence-electron chi connectivity index (χ4n) is 4.35. The van der Waals surface area contributed by atoms with Crippen LogP contribution in [0.4, 0.5) is 5.69 Å². The Hall–Kier alpha value is -4.05. The molecule has 0 heterocycles. The van der Waals surface area contributed by atoms with Crippen LogP contribution in [0.25, 0.3) is 0 Å². The number of rotatable bonds is 14. The van der Waals surface area contributed by atoms with Crippen LogP contribution in [-0.4, -0.2) is 58.5 Å². The number of ether oxygens (including phenoxy) is 2. The molecule has 1 atom stereocenters. The van der Waals surface area contributed by atoms with Crippen molar-refractivity contribution in [3.63, 3.8) is 0 Å². The normalized spacial score (nSPS) is 11.8. The molecule has 2 amide bonds. The number of hydrogen-bond acceptors (Lipinski definition) is 6. The Morgan fingerprint density at radius 1 is 0.927 bits per heavy atom. The fraction of sp³-hybridized carbons (Fsp3) is 0.355. The van der Waals surface area contributed by atoms with Gasteiger partial charge in [-0.05, 0) is 50.1 Å². The number of methoxy groups -OCH3 is 2. The molecule has 0 fully saturated rings. The molecule has 0 aliphatic heterocycles. The summed E-state index contributed by atoms with van der Waals surface area (Å²) in [6.07, 6.45) is 1.73. The van der Waals surface area contributed by atoms with E-state index < -0.39 is 28.5 Å². The smallest absolute Gasteiger partial charge is 0.264 e. The Kier molecular flexibility index (Phi) is 11.2. The number of benzene rings is 3. The molecule has 0 radical (unpaired) electrons. The number of carbonyl (C=O) groups is 2. The lowest BCUT2D eigenvalue weighted by Gasteiger charge is -2.32. The van der Waals surface area contributed by atoms with Gasteiger partial charge in [-0.1, -0.05) is 61.4 Å². The van der Waals surface area contributed by atoms with Gasteiger partial charge in [0, 0.05) is 19.2 Å². The summed E-state index contributed by atoms with van der Waals surface area (Å²) >= 11 is 0. The molecular weight excluding hydrogens is 542 g/mol. The van der Waals surface area contributed by atoms with E-state index in [1.165, 1.54) is 37.3 Å². The van der Waals surface area contributed by atoms with Gasteiger partial charge >= 0.3 is 0 Å². The van der Waals surface area contributed by atoms with Crippen molar-refractivity contribution >= 4 is 27.5 Å². The summed E-state index contributed by atoms with van der Waals surface area (Å²) in [5.74, 6) is -0.196. The van der Waals surface area contributed by atoms with Gasteiger partial charge in [0.2, 0.25) is 11.8 Å². The summed E-state index contributed by atoms with van der Waals surface area (Å²) in [4.78, 5) is 28.4. The van der Waals surface area contributed by atoms with E-state index in [0.29, 0.717) is 18.0 Å². The number of nitrogens with zero attached hydrogens (tertiary/aromatic N) is 2. The fourth-order valence-corrected chi connectivity index (χ4v) is 5.78. The highest BCUT2D eigenvalue weighted by Crippen LogP contribution is 2.32. The van der Waals surface area contributed by atoms with Crippen molar-refractivity contribution in [3.8, 4) is 11.5 Å². The Balaban J connectivity index is 2.01. The van der Waals surface area contributed by atoms with Crippen molar-refractivity contribution in [3.05, 3.63) is 83.9 Å². The summed E-state index contributed by atoms with van der Waals surface area (Å²) in [5, 5.41) is 2.89. The van der Waals surface area contributed by atoms with E-state index in [4.69, 9.17) is 9.47 Å². The van der Waals surface area contributed by atoms with Crippen LogP contribution in [0.15, 0.2) is 77.7 Å². The molecule has 0 aliphatic rings. The Labute approximate surface area is 243 Å². The quantitative estimate of drug-likeness (QED) is 0.280. The van der Waals surface area contributed by atoms with Crippen LogP contribution in [0.2, 0.25) is 0 Å². The molecule has 3 rings (SSSR count). The largest absolute Gasteiger partial charge is 0.493 e. The first-order chi connectivity index (χ1) is 19.6. The summed E-state index contributed by atoms with van der Waals surface area (Å²) in [6.45, 7) is 5.76. The molecule has 0 unspecified atom stereocenters. The van der Waals surface area contributed by atoms with Crippen LogP contribution in [-0.2, 0) is 26.2 Å². The number of hydrogen-bond donors (Lipinski definition) is 1. The van der Waals surface area contributed by atoms with Crippen LogP contribution < -0.4 is 19.1 Å². The van der Waals surface area contributed by atoms with E-state index in [2.05, 4.69) is 5.32 Å². The third-order valence-corrected chi connectivity index (χ3v) is 8.47. The van der Waals surface area contributed by atoms with Gasteiger partial charge in [-0.3, -0.25) is 13.9 Å². The molecule has 3 aromatic carbocycles. The number of aryl methyl sites for hydroxylation is 1. The van der Waals surface area contributed by atoms with Crippen LogP contribution in [0.3, 0.4) is 0 Å². The molecule has 220 valence electrons. The molecule has 0 spiro atoms. The van der Waals surface area contributed by atoms with Gasteiger partial charge < -0.3 is 19.7 Å². The summed E-state index contributed by atoms with van der Waals surface area (Å²) in [5.41, 5.74) is 2.16. The van der Waals surface area contributed by atoms with E-state index in [9.17, 15) is 18.0 Å². The van der Waals surface area contributed by atoms with Gasteiger partial charge in [0.05, 0.1) is 24.8 Å². The van der Waals surface area contributed by atoms with E-state index in [1.807, 2.05) is 38.1 Å². The van der Waals surface area contributed by atoms with Crippen LogP contribution in [0.1, 0.15) is 37.8 Å². The number of unbranched alkanes of at least 4 members (excludes halogenated alkanes) is 1. The van der Waals surface area contributed by atoms with Crippen molar-refractivity contribution < 1.29 is 27.5 Å². The molecule has 10 heteroatoms. The SMILES string of the molecule is CCCCNC(=O)[C@@H](C)N(Cc1cccc(C)c1)C(=O)CN(c1ccccc1)S(=O)(=O)c1ccc(OC)c(OC)c1. The summed E-state index contributed by atoms with van der Waals surface area (Å²) in [7, 11) is -1.35. The van der Waals surface area contributed by atoms with Gasteiger partial charge in [-0.2, -0.15) is 0 Å². The molecule has 1 N–H and O–H groups in total. The monoisotopic (exact) mass is 581 g/mol. The molecule has 9 nitrogen and oxygen atoms in total. The van der Waals surface area contributed by atoms with Gasteiger partial charge in [0.1, 0.15) is 12.6 Å². The zero-order valence-corrected chi connectivity index (χ0v) is 25.1. The molecule has 0 saturated carbocycles. The lowest BCUT2D eigenvalue weighted by atomic mass is 10.1. The number of carbonyl (C=O) groups excluding carboxylic acids is 2. The maximum Gasteiger partial charge on any atom is 0.264 e. The van der Waals surface area contributed by atoms with Gasteiger partial charge in [0.15, 0.2) is 11.5 Å². The maximum atomic E-state index is 14.0. The van der Waals surface area contributed by atoms with E-state index in [1.54, 1.807) is 37.3 Å². The van der Waals surface area contributed by atoms with Crippen molar-refractivity contribution in [2.75, 3.05) is 31.6 Å². The Morgan fingerprint density at radius 2 is 1.63 bits per heavy atom. The second kappa shape index (κ2) is 14.5. The highest BCUT2D eigenvalue weighted by molar-refractivity contribution is 7.92. The lowest BCUT2D eigenvalue weighted by molar-refractivity contribution is -0.139. The van der Waals surface area contributed by atoms with Crippen LogP contribution in [0, 0.1) is 6.92 Å². The molecule has 3 aromatic rings. The Bertz CT molecular complexity index is 1430. The highest BCUT2D eigenvalue weighted by Gasteiger charge is 2.33. The average molecular weight is 582 g/mol. The number of anilines is 1. The van der Waals surface area contributed by atoms with E-state index in [-0.39, 0.29) is 23.1 Å². The van der Waals surface area contributed by atoms with E-state index >= 15 is 0 Å². The Morgan fingerprint density at radius 3 is 2.27 bits per heavy atom. The highest BCUT2D eigenvalue weighted by atomic mass is 32.2. The van der Waals surface area contributed by atoms with E-state index in [0.717, 1.165) is 28.3 Å². The average Bonchev–Trinajstić information content (AvgIpc) is 2.98. The first-order valence-electron chi connectivity index (χ1n) is 13.5. The van der Waals surface area contributed by atoms with Crippen LogP contribution >= 0.6 is 0 Å². The zero-order chi connectivity index (χ0) is 30.0. The summed E-state index contributed by atoms with van der Waals surface area (Å²) in [6, 6.07) is 19.5. The van der Waals surface area contributed by atoms with Crippen molar-refractivity contribution in [1.82, 2.24) is 10.2 Å². The standard InChI is InChI=1S/C31H39N3O6S/c1-6-7-18-32-31(36)24(3)33(21-25-13-11-12-23(2)19-25)30(35)22-34(26-14-9-8-10-15-26)41(37,38)27-16-17-28(39-4)29(20-27)40-5/h8-17,19-20,24H,6-7,18,21-22H2,1-5H3,(H,32,36)/t24-/m1/s1. The molecule has 0 aliphatic carbocycles. The lowest BCUT2D eigenvalue weighted by Crippen LogP contribution is -2.51. The number of nitrogens with one attached hydrogen (secondary N) is 1. The third kappa shape index (κ3) is 8.00. The predicted molar refractivity (Wildman–Crippen MR) is 160 cm³/mol. The van der Waals surface area contributed by atoms with Gasteiger partial charge in [-0.25, -0.2) is 8.42 Å². The molecule has 0 saturated heterocycles. The van der Waals surface area contributed by atoms with Crippen molar-refractivity contribution in [1.29, 1.82) is 0 Å². The van der Waals surface area contributed by atoms with Gasteiger partial charge in [0.25, 0.3) is 10.0 Å². The number of sulfonamides is 1. The first-order valence-corrected chi connectivity index (χ1v) is 15.0. The maximum absolute atomic E-state index is 14.0. The minimum atomic E-state index is -4.23. The molecular formula is C31H39N3O6S.